The van der Waals surface area contributed by atoms with Crippen LogP contribution in [-0.4, -0.2) is 21.8 Å². The summed E-state index contributed by atoms with van der Waals surface area (Å²) in [5.74, 6) is -0.0696. The van der Waals surface area contributed by atoms with Gasteiger partial charge in [-0.25, -0.2) is 4.98 Å². The number of fused-ring (bicyclic) bond motifs is 1. The summed E-state index contributed by atoms with van der Waals surface area (Å²) in [6.07, 6.45) is 4.83. The van der Waals surface area contributed by atoms with Crippen LogP contribution in [0.3, 0.4) is 0 Å². The number of aryl methyl sites for hydroxylation is 2. The summed E-state index contributed by atoms with van der Waals surface area (Å²) < 4.78 is 0. The number of thioether (sulfide) groups is 1. The van der Waals surface area contributed by atoms with E-state index in [1.807, 2.05) is 5.38 Å². The first-order valence-electron chi connectivity index (χ1n) is 7.63. The van der Waals surface area contributed by atoms with Crippen LogP contribution in [0.15, 0.2) is 23.6 Å². The van der Waals surface area contributed by atoms with Gasteiger partial charge in [0.05, 0.1) is 11.4 Å². The molecule has 0 saturated carbocycles. The van der Waals surface area contributed by atoms with Crippen LogP contribution in [0.5, 0.6) is 0 Å². The van der Waals surface area contributed by atoms with Crippen LogP contribution in [0, 0.1) is 0 Å². The van der Waals surface area contributed by atoms with Crippen molar-refractivity contribution in [2.24, 2.45) is 0 Å². The highest BCUT2D eigenvalue weighted by Crippen LogP contribution is 2.29. The number of thiazole rings is 1. The SMILES string of the molecule is CC(=O)SCC(=O)Nc1nc(-c2ccc3c(c2)CCCC3)cs1. The molecule has 2 aromatic rings. The van der Waals surface area contributed by atoms with E-state index < -0.39 is 0 Å². The Labute approximate surface area is 143 Å². The van der Waals surface area contributed by atoms with Gasteiger partial charge in [-0.1, -0.05) is 23.9 Å². The molecule has 1 aromatic heterocycles. The predicted octanol–water partition coefficient (Wildman–Crippen LogP) is 3.91. The first-order chi connectivity index (χ1) is 11.1. The Balaban J connectivity index is 1.69. The van der Waals surface area contributed by atoms with Crippen LogP contribution in [-0.2, 0) is 22.4 Å². The Morgan fingerprint density at radius 2 is 2.04 bits per heavy atom. The third-order valence-corrected chi connectivity index (χ3v) is 5.37. The fraction of sp³-hybridized carbons (Fsp3) is 0.353. The number of carbonyl (C=O) groups excluding carboxylic acids is 2. The molecule has 23 heavy (non-hydrogen) atoms. The van der Waals surface area contributed by atoms with Crippen molar-refractivity contribution in [3.8, 4) is 11.3 Å². The van der Waals surface area contributed by atoms with Crippen molar-refractivity contribution in [2.45, 2.75) is 32.6 Å². The van der Waals surface area contributed by atoms with Gasteiger partial charge >= 0.3 is 0 Å². The first-order valence-corrected chi connectivity index (χ1v) is 9.49. The van der Waals surface area contributed by atoms with Crippen molar-refractivity contribution >= 4 is 39.3 Å². The smallest absolute Gasteiger partial charge is 0.236 e. The third-order valence-electron chi connectivity index (χ3n) is 3.80. The lowest BCUT2D eigenvalue weighted by molar-refractivity contribution is -0.114. The number of rotatable bonds is 4. The molecule has 0 spiro atoms. The summed E-state index contributed by atoms with van der Waals surface area (Å²) in [6.45, 7) is 1.45. The Bertz CT molecular complexity index is 740. The second kappa shape index (κ2) is 7.27. The van der Waals surface area contributed by atoms with E-state index in [9.17, 15) is 9.59 Å². The van der Waals surface area contributed by atoms with Crippen molar-refractivity contribution in [2.75, 3.05) is 11.1 Å². The van der Waals surface area contributed by atoms with Crippen molar-refractivity contribution in [3.63, 3.8) is 0 Å². The van der Waals surface area contributed by atoms with Gasteiger partial charge in [-0.2, -0.15) is 0 Å². The van der Waals surface area contributed by atoms with Gasteiger partial charge in [0.1, 0.15) is 0 Å². The quantitative estimate of drug-likeness (QED) is 0.912. The molecule has 1 amide bonds. The second-order valence-electron chi connectivity index (χ2n) is 5.56. The lowest BCUT2D eigenvalue weighted by Gasteiger charge is -2.16. The van der Waals surface area contributed by atoms with Crippen molar-refractivity contribution in [3.05, 3.63) is 34.7 Å². The molecule has 0 aliphatic heterocycles. The highest BCUT2D eigenvalue weighted by atomic mass is 32.2. The molecule has 1 aliphatic rings. The van der Waals surface area contributed by atoms with E-state index in [0.29, 0.717) is 5.13 Å². The zero-order valence-corrected chi connectivity index (χ0v) is 14.6. The van der Waals surface area contributed by atoms with Crippen LogP contribution in [0.1, 0.15) is 30.9 Å². The van der Waals surface area contributed by atoms with Crippen LogP contribution in [0.2, 0.25) is 0 Å². The Morgan fingerprint density at radius 1 is 1.26 bits per heavy atom. The Kier molecular flexibility index (Phi) is 5.13. The van der Waals surface area contributed by atoms with Crippen LogP contribution in [0.25, 0.3) is 11.3 Å². The zero-order valence-electron chi connectivity index (χ0n) is 12.9. The van der Waals surface area contributed by atoms with E-state index in [1.54, 1.807) is 0 Å². The third kappa shape index (κ3) is 4.20. The molecule has 3 rings (SSSR count). The molecule has 1 aromatic carbocycles. The molecule has 120 valence electrons. The van der Waals surface area contributed by atoms with Gasteiger partial charge in [-0.05, 0) is 42.9 Å². The molecular weight excluding hydrogens is 328 g/mol. The van der Waals surface area contributed by atoms with E-state index in [4.69, 9.17) is 0 Å². The molecule has 1 aliphatic carbocycles. The van der Waals surface area contributed by atoms with Gasteiger partial charge in [0.25, 0.3) is 0 Å². The molecule has 1 heterocycles. The fourth-order valence-electron chi connectivity index (χ4n) is 2.68. The Hall–Kier alpha value is -1.66. The highest BCUT2D eigenvalue weighted by molar-refractivity contribution is 8.14. The van der Waals surface area contributed by atoms with Gasteiger partial charge < -0.3 is 5.32 Å². The number of hydrogen-bond donors (Lipinski definition) is 1. The van der Waals surface area contributed by atoms with Gasteiger partial charge in [0.15, 0.2) is 10.2 Å². The summed E-state index contributed by atoms with van der Waals surface area (Å²) >= 11 is 2.41. The maximum Gasteiger partial charge on any atom is 0.236 e. The highest BCUT2D eigenvalue weighted by Gasteiger charge is 2.13. The summed E-state index contributed by atoms with van der Waals surface area (Å²) in [7, 11) is 0. The average Bonchev–Trinajstić information content (AvgIpc) is 3.01. The molecule has 6 heteroatoms. The predicted molar refractivity (Wildman–Crippen MR) is 96.0 cm³/mol. The molecule has 0 atom stereocenters. The topological polar surface area (TPSA) is 59.1 Å². The number of carbonyl (C=O) groups is 2. The molecule has 4 nitrogen and oxygen atoms in total. The van der Waals surface area contributed by atoms with Crippen LogP contribution in [0.4, 0.5) is 5.13 Å². The first kappa shape index (κ1) is 16.2. The van der Waals surface area contributed by atoms with Crippen molar-refractivity contribution in [1.29, 1.82) is 0 Å². The van der Waals surface area contributed by atoms with E-state index in [1.165, 1.54) is 48.6 Å². The molecule has 0 bridgehead atoms. The van der Waals surface area contributed by atoms with E-state index in [0.717, 1.165) is 29.4 Å². The molecule has 0 radical (unpaired) electrons. The minimum absolute atomic E-state index is 0.0611. The van der Waals surface area contributed by atoms with E-state index in [2.05, 4.69) is 28.5 Å². The Morgan fingerprint density at radius 3 is 2.83 bits per heavy atom. The number of nitrogens with zero attached hydrogens (tertiary/aromatic N) is 1. The van der Waals surface area contributed by atoms with Crippen LogP contribution < -0.4 is 5.32 Å². The maximum absolute atomic E-state index is 11.7. The molecule has 0 fully saturated rings. The lowest BCUT2D eigenvalue weighted by atomic mass is 9.90. The van der Waals surface area contributed by atoms with Gasteiger partial charge in [-0.3, -0.25) is 9.59 Å². The number of amides is 1. The molecule has 0 saturated heterocycles. The normalized spacial score (nSPS) is 13.4. The van der Waals surface area contributed by atoms with E-state index in [-0.39, 0.29) is 16.8 Å². The van der Waals surface area contributed by atoms with E-state index >= 15 is 0 Å². The number of benzene rings is 1. The standard InChI is InChI=1S/C17H18N2O2S2/c1-11(20)22-10-16(21)19-17-18-15(9-23-17)14-7-6-12-4-2-3-5-13(12)8-14/h6-9H,2-5,10H2,1H3,(H,18,19,21). The maximum atomic E-state index is 11.7. The van der Waals surface area contributed by atoms with Crippen molar-refractivity contribution < 1.29 is 9.59 Å². The number of nitrogens with one attached hydrogen (secondary N) is 1. The second-order valence-corrected chi connectivity index (χ2v) is 7.57. The summed E-state index contributed by atoms with van der Waals surface area (Å²) in [5, 5.41) is 5.22. The number of hydrogen-bond acceptors (Lipinski definition) is 5. The zero-order chi connectivity index (χ0) is 16.2. The largest absolute Gasteiger partial charge is 0.301 e. The number of anilines is 1. The van der Waals surface area contributed by atoms with Crippen molar-refractivity contribution in [1.82, 2.24) is 4.98 Å². The lowest BCUT2D eigenvalue weighted by Crippen LogP contribution is -2.14. The van der Waals surface area contributed by atoms with Gasteiger partial charge in [0, 0.05) is 17.9 Å². The van der Waals surface area contributed by atoms with Crippen LogP contribution >= 0.6 is 23.1 Å². The average molecular weight is 346 g/mol. The van der Waals surface area contributed by atoms with Gasteiger partial charge in [0.2, 0.25) is 5.91 Å². The fourth-order valence-corrected chi connectivity index (χ4v) is 3.82. The monoisotopic (exact) mass is 346 g/mol. The molecule has 0 unspecified atom stereocenters. The molecule has 1 N–H and O–H groups in total. The summed E-state index contributed by atoms with van der Waals surface area (Å²) in [4.78, 5) is 27.1. The summed E-state index contributed by atoms with van der Waals surface area (Å²) in [6, 6.07) is 6.53. The van der Waals surface area contributed by atoms with Gasteiger partial charge in [-0.15, -0.1) is 11.3 Å². The number of aromatic nitrogens is 1. The minimum Gasteiger partial charge on any atom is -0.301 e. The minimum atomic E-state index is -0.198. The summed E-state index contributed by atoms with van der Waals surface area (Å²) in [5.41, 5.74) is 4.86. The molecular formula is C17H18N2O2S2.